The molecule has 7 heteroatoms. The molecule has 1 aliphatic carbocycles. The van der Waals surface area contributed by atoms with Crippen molar-refractivity contribution in [2.24, 2.45) is 0 Å². The van der Waals surface area contributed by atoms with E-state index in [-0.39, 0.29) is 12.1 Å². The molecule has 2 aliphatic rings. The summed E-state index contributed by atoms with van der Waals surface area (Å²) >= 11 is 1.76. The third-order valence-corrected chi connectivity index (χ3v) is 6.72. The number of carbonyl (C=O) groups excluding carboxylic acids is 1. The maximum Gasteiger partial charge on any atom is 0.315 e. The maximum absolute atomic E-state index is 12.3. The van der Waals surface area contributed by atoms with Gasteiger partial charge in [-0.05, 0) is 68.6 Å². The topological polar surface area (TPSA) is 66.5 Å². The van der Waals surface area contributed by atoms with Gasteiger partial charge in [-0.3, -0.25) is 4.90 Å². The molecular formula is C22H30N4O2S. The van der Waals surface area contributed by atoms with Crippen LogP contribution in [0.5, 0.6) is 5.88 Å². The summed E-state index contributed by atoms with van der Waals surface area (Å²) in [6.07, 6.45) is 9.29. The molecule has 1 aliphatic heterocycles. The molecular weight excluding hydrogens is 384 g/mol. The number of amides is 2. The molecule has 29 heavy (non-hydrogen) atoms. The number of likely N-dealkylation sites (tertiary alicyclic amines) is 1. The van der Waals surface area contributed by atoms with Crippen molar-refractivity contribution in [2.45, 2.75) is 57.2 Å². The summed E-state index contributed by atoms with van der Waals surface area (Å²) in [5.74, 6) is 0.675. The summed E-state index contributed by atoms with van der Waals surface area (Å²) in [6, 6.07) is 8.22. The lowest BCUT2D eigenvalue weighted by atomic mass is 10.2. The van der Waals surface area contributed by atoms with Crippen LogP contribution in [0.2, 0.25) is 0 Å². The largest absolute Gasteiger partial charge is 0.474 e. The van der Waals surface area contributed by atoms with Crippen molar-refractivity contribution in [2.75, 3.05) is 19.6 Å². The second-order valence-corrected chi connectivity index (χ2v) is 8.85. The first-order valence-electron chi connectivity index (χ1n) is 10.7. The zero-order valence-corrected chi connectivity index (χ0v) is 17.6. The van der Waals surface area contributed by atoms with Gasteiger partial charge in [0, 0.05) is 30.2 Å². The average Bonchev–Trinajstić information content (AvgIpc) is 3.51. The minimum absolute atomic E-state index is 0.142. The molecule has 3 heterocycles. The molecule has 2 N–H and O–H groups in total. The molecule has 0 bridgehead atoms. The van der Waals surface area contributed by atoms with Crippen LogP contribution >= 0.6 is 11.3 Å². The molecule has 4 rings (SSSR count). The molecule has 1 atom stereocenters. The van der Waals surface area contributed by atoms with Gasteiger partial charge < -0.3 is 15.4 Å². The Morgan fingerprint density at radius 3 is 2.69 bits per heavy atom. The van der Waals surface area contributed by atoms with Gasteiger partial charge in [0.1, 0.15) is 6.10 Å². The number of carbonyl (C=O) groups is 1. The Balaban J connectivity index is 1.22. The summed E-state index contributed by atoms with van der Waals surface area (Å²) in [4.78, 5) is 20.5. The van der Waals surface area contributed by atoms with E-state index in [4.69, 9.17) is 4.74 Å². The molecule has 0 aromatic carbocycles. The van der Waals surface area contributed by atoms with Crippen molar-refractivity contribution in [3.05, 3.63) is 46.3 Å². The Kier molecular flexibility index (Phi) is 7.00. The third kappa shape index (κ3) is 5.70. The Bertz CT molecular complexity index is 754. The van der Waals surface area contributed by atoms with E-state index in [1.807, 2.05) is 12.1 Å². The van der Waals surface area contributed by atoms with Crippen LogP contribution in [0, 0.1) is 0 Å². The molecule has 6 nitrogen and oxygen atoms in total. The summed E-state index contributed by atoms with van der Waals surface area (Å²) in [5.41, 5.74) is 0.966. The molecule has 156 valence electrons. The quantitative estimate of drug-likeness (QED) is 0.682. The summed E-state index contributed by atoms with van der Waals surface area (Å²) in [5, 5.41) is 8.09. The van der Waals surface area contributed by atoms with Gasteiger partial charge in [-0.2, -0.15) is 0 Å². The van der Waals surface area contributed by atoms with E-state index in [1.165, 1.54) is 30.6 Å². The van der Waals surface area contributed by atoms with E-state index < -0.39 is 0 Å². The fourth-order valence-corrected chi connectivity index (χ4v) is 5.00. The van der Waals surface area contributed by atoms with Crippen LogP contribution in [0.1, 0.15) is 55.0 Å². The van der Waals surface area contributed by atoms with Crippen molar-refractivity contribution in [1.82, 2.24) is 20.5 Å². The average molecular weight is 415 g/mol. The standard InChI is InChI=1S/C22H30N4O2S/c27-22(25-16-19(20-8-5-13-29-20)26-11-3-4-12-26)24-15-17-9-10-21(23-14-17)28-18-6-1-2-7-18/h5,8-10,13-14,18-19H,1-4,6-7,11-12,15-16H2,(H2,24,25,27). The lowest BCUT2D eigenvalue weighted by Gasteiger charge is -2.26. The zero-order chi connectivity index (χ0) is 19.9. The molecule has 2 fully saturated rings. The highest BCUT2D eigenvalue weighted by Crippen LogP contribution is 2.27. The molecule has 2 aromatic heterocycles. The number of pyridine rings is 1. The van der Waals surface area contributed by atoms with Crippen LogP contribution in [0.15, 0.2) is 35.8 Å². The van der Waals surface area contributed by atoms with E-state index in [0.717, 1.165) is 31.5 Å². The number of nitrogens with zero attached hydrogens (tertiary/aromatic N) is 2. The van der Waals surface area contributed by atoms with Crippen molar-refractivity contribution >= 4 is 17.4 Å². The van der Waals surface area contributed by atoms with Crippen LogP contribution in [-0.2, 0) is 6.54 Å². The summed E-state index contributed by atoms with van der Waals surface area (Å²) in [7, 11) is 0. The minimum Gasteiger partial charge on any atom is -0.474 e. The third-order valence-electron chi connectivity index (χ3n) is 5.75. The van der Waals surface area contributed by atoms with E-state index in [9.17, 15) is 4.79 Å². The van der Waals surface area contributed by atoms with Gasteiger partial charge in [-0.15, -0.1) is 11.3 Å². The highest BCUT2D eigenvalue weighted by molar-refractivity contribution is 7.10. The van der Waals surface area contributed by atoms with E-state index in [0.29, 0.717) is 25.1 Å². The Morgan fingerprint density at radius 1 is 1.17 bits per heavy atom. The molecule has 1 unspecified atom stereocenters. The molecule has 1 saturated carbocycles. The highest BCUT2D eigenvalue weighted by Gasteiger charge is 2.24. The number of ether oxygens (including phenoxy) is 1. The summed E-state index contributed by atoms with van der Waals surface area (Å²) in [6.45, 7) is 3.29. The fourth-order valence-electron chi connectivity index (χ4n) is 4.14. The second-order valence-electron chi connectivity index (χ2n) is 7.87. The zero-order valence-electron chi connectivity index (χ0n) is 16.8. The SMILES string of the molecule is O=C(NCc1ccc(OC2CCCC2)nc1)NCC(c1cccs1)N1CCCC1. The first kappa shape index (κ1) is 20.2. The lowest BCUT2D eigenvalue weighted by molar-refractivity contribution is 0.201. The van der Waals surface area contributed by atoms with Crippen LogP contribution in [-0.4, -0.2) is 41.7 Å². The van der Waals surface area contributed by atoms with Crippen LogP contribution in [0.25, 0.3) is 0 Å². The predicted molar refractivity (Wildman–Crippen MR) is 115 cm³/mol. The number of aromatic nitrogens is 1. The van der Waals surface area contributed by atoms with Crippen molar-refractivity contribution in [3.63, 3.8) is 0 Å². The van der Waals surface area contributed by atoms with Gasteiger partial charge in [-0.1, -0.05) is 12.1 Å². The highest BCUT2D eigenvalue weighted by atomic mass is 32.1. The second kappa shape index (κ2) is 10.1. The Morgan fingerprint density at radius 2 is 2.00 bits per heavy atom. The van der Waals surface area contributed by atoms with E-state index in [1.54, 1.807) is 17.5 Å². The van der Waals surface area contributed by atoms with Crippen molar-refractivity contribution < 1.29 is 9.53 Å². The monoisotopic (exact) mass is 414 g/mol. The van der Waals surface area contributed by atoms with Gasteiger partial charge in [0.15, 0.2) is 0 Å². The first-order chi connectivity index (χ1) is 14.3. The van der Waals surface area contributed by atoms with Gasteiger partial charge in [-0.25, -0.2) is 9.78 Å². The van der Waals surface area contributed by atoms with Gasteiger partial charge in [0.2, 0.25) is 5.88 Å². The van der Waals surface area contributed by atoms with Gasteiger partial charge in [0.05, 0.1) is 6.04 Å². The predicted octanol–water partition coefficient (Wildman–Crippen LogP) is 4.10. The lowest BCUT2D eigenvalue weighted by Crippen LogP contribution is -2.41. The van der Waals surface area contributed by atoms with Gasteiger partial charge in [0.25, 0.3) is 0 Å². The number of urea groups is 1. The molecule has 0 spiro atoms. The van der Waals surface area contributed by atoms with Crippen molar-refractivity contribution in [3.8, 4) is 5.88 Å². The normalized spacial score (nSPS) is 18.6. The molecule has 0 radical (unpaired) electrons. The number of rotatable bonds is 8. The van der Waals surface area contributed by atoms with Crippen LogP contribution in [0.3, 0.4) is 0 Å². The number of hydrogen-bond donors (Lipinski definition) is 2. The maximum atomic E-state index is 12.3. The fraction of sp³-hybridized carbons (Fsp3) is 0.545. The smallest absolute Gasteiger partial charge is 0.315 e. The van der Waals surface area contributed by atoms with Crippen LogP contribution in [0.4, 0.5) is 4.79 Å². The summed E-state index contributed by atoms with van der Waals surface area (Å²) < 4.78 is 5.89. The van der Waals surface area contributed by atoms with Gasteiger partial charge >= 0.3 is 6.03 Å². The van der Waals surface area contributed by atoms with Crippen molar-refractivity contribution in [1.29, 1.82) is 0 Å². The molecule has 2 aromatic rings. The van der Waals surface area contributed by atoms with E-state index in [2.05, 4.69) is 38.0 Å². The van der Waals surface area contributed by atoms with E-state index >= 15 is 0 Å². The first-order valence-corrected chi connectivity index (χ1v) is 11.6. The van der Waals surface area contributed by atoms with Crippen LogP contribution < -0.4 is 15.4 Å². The Labute approximate surface area is 176 Å². The molecule has 1 saturated heterocycles. The minimum atomic E-state index is -0.142. The molecule has 2 amide bonds. The number of nitrogens with one attached hydrogen (secondary N) is 2. The Hall–Kier alpha value is -2.12. The number of hydrogen-bond acceptors (Lipinski definition) is 5. The number of thiophene rings is 1.